The second-order valence-corrected chi connectivity index (χ2v) is 7.18. The Kier molecular flexibility index (Phi) is 8.88. The zero-order valence-electron chi connectivity index (χ0n) is 17.4. The monoisotopic (exact) mass is 516 g/mol. The Morgan fingerprint density at radius 1 is 1.28 bits per heavy atom. The van der Waals surface area contributed by atoms with Gasteiger partial charge >= 0.3 is 0 Å². The molecule has 0 aliphatic carbocycles. The molecule has 1 aromatic heterocycles. The summed E-state index contributed by atoms with van der Waals surface area (Å²) in [6, 6.07) is 6.53. The van der Waals surface area contributed by atoms with Gasteiger partial charge in [0, 0.05) is 25.2 Å². The van der Waals surface area contributed by atoms with Gasteiger partial charge in [-0.05, 0) is 51.8 Å². The van der Waals surface area contributed by atoms with E-state index in [4.69, 9.17) is 14.3 Å². The first-order chi connectivity index (χ1) is 13.5. The summed E-state index contributed by atoms with van der Waals surface area (Å²) in [5.74, 6) is 1.49. The standard InChI is InChI=1S/C21H29FN4O2.HI/c1-5-23-21(24-11-10-19-15(3)25-28-16(19)4)26-12-14(2)27-20(13-26)17-6-8-18(22)9-7-17;/h6-9,14,20H,5,10-13H2,1-4H3,(H,23,24);1H. The number of morpholine rings is 1. The lowest BCUT2D eigenvalue weighted by molar-refractivity contribution is -0.0605. The van der Waals surface area contributed by atoms with Crippen molar-refractivity contribution in [3.05, 3.63) is 52.7 Å². The number of nitrogens with zero attached hydrogens (tertiary/aromatic N) is 3. The molecule has 1 aliphatic heterocycles. The predicted octanol–water partition coefficient (Wildman–Crippen LogP) is 4.02. The number of guanidine groups is 1. The van der Waals surface area contributed by atoms with Crippen molar-refractivity contribution < 1.29 is 13.7 Å². The molecule has 2 atom stereocenters. The highest BCUT2D eigenvalue weighted by Crippen LogP contribution is 2.25. The first-order valence-corrected chi connectivity index (χ1v) is 9.83. The first kappa shape index (κ1) is 23.6. The average molecular weight is 516 g/mol. The molecule has 1 N–H and O–H groups in total. The average Bonchev–Trinajstić information content (AvgIpc) is 2.99. The highest BCUT2D eigenvalue weighted by Gasteiger charge is 2.28. The van der Waals surface area contributed by atoms with Crippen molar-refractivity contribution in [1.29, 1.82) is 0 Å². The molecule has 0 radical (unpaired) electrons. The van der Waals surface area contributed by atoms with E-state index in [0.29, 0.717) is 13.1 Å². The Morgan fingerprint density at radius 2 is 2.00 bits per heavy atom. The summed E-state index contributed by atoms with van der Waals surface area (Å²) in [6.45, 7) is 10.9. The van der Waals surface area contributed by atoms with Gasteiger partial charge in [0.1, 0.15) is 17.7 Å². The third kappa shape index (κ3) is 6.15. The highest BCUT2D eigenvalue weighted by atomic mass is 127. The van der Waals surface area contributed by atoms with Crippen molar-refractivity contribution in [3.63, 3.8) is 0 Å². The van der Waals surface area contributed by atoms with Crippen LogP contribution in [0.2, 0.25) is 0 Å². The lowest BCUT2D eigenvalue weighted by Crippen LogP contribution is -2.50. The summed E-state index contributed by atoms with van der Waals surface area (Å²) in [5, 5.41) is 7.39. The van der Waals surface area contributed by atoms with Crippen LogP contribution in [0, 0.1) is 19.7 Å². The van der Waals surface area contributed by atoms with Gasteiger partial charge in [-0.25, -0.2) is 4.39 Å². The zero-order chi connectivity index (χ0) is 20.1. The maximum Gasteiger partial charge on any atom is 0.194 e. The van der Waals surface area contributed by atoms with Crippen LogP contribution in [0.25, 0.3) is 0 Å². The Labute approximate surface area is 188 Å². The second kappa shape index (κ2) is 10.9. The van der Waals surface area contributed by atoms with Crippen molar-refractivity contribution in [3.8, 4) is 0 Å². The number of ether oxygens (including phenoxy) is 1. The predicted molar refractivity (Wildman–Crippen MR) is 122 cm³/mol. The lowest BCUT2D eigenvalue weighted by Gasteiger charge is -2.38. The fourth-order valence-electron chi connectivity index (χ4n) is 3.54. The molecule has 8 heteroatoms. The number of halogens is 2. The lowest BCUT2D eigenvalue weighted by atomic mass is 10.1. The van der Waals surface area contributed by atoms with E-state index in [0.717, 1.165) is 48.1 Å². The van der Waals surface area contributed by atoms with E-state index >= 15 is 0 Å². The van der Waals surface area contributed by atoms with Gasteiger partial charge in [-0.3, -0.25) is 4.99 Å². The molecule has 6 nitrogen and oxygen atoms in total. The van der Waals surface area contributed by atoms with Crippen LogP contribution >= 0.6 is 24.0 Å². The van der Waals surface area contributed by atoms with Crippen LogP contribution in [0.4, 0.5) is 4.39 Å². The number of aromatic nitrogens is 1. The van der Waals surface area contributed by atoms with E-state index in [-0.39, 0.29) is 42.0 Å². The van der Waals surface area contributed by atoms with Gasteiger partial charge in [-0.2, -0.15) is 0 Å². The van der Waals surface area contributed by atoms with E-state index in [1.807, 2.05) is 13.8 Å². The Morgan fingerprint density at radius 3 is 2.62 bits per heavy atom. The second-order valence-electron chi connectivity index (χ2n) is 7.18. The number of rotatable bonds is 5. The molecule has 29 heavy (non-hydrogen) atoms. The van der Waals surface area contributed by atoms with Gasteiger partial charge in [0.05, 0.1) is 18.3 Å². The molecule has 0 amide bonds. The van der Waals surface area contributed by atoms with E-state index in [1.165, 1.54) is 12.1 Å². The third-order valence-corrected chi connectivity index (χ3v) is 4.94. The number of aliphatic imine (C=N–C) groups is 1. The van der Waals surface area contributed by atoms with E-state index < -0.39 is 0 Å². The molecule has 0 bridgehead atoms. The van der Waals surface area contributed by atoms with Gasteiger partial charge in [0.15, 0.2) is 5.96 Å². The number of aryl methyl sites for hydroxylation is 2. The van der Waals surface area contributed by atoms with Crippen molar-refractivity contribution in [1.82, 2.24) is 15.4 Å². The molecule has 2 unspecified atom stereocenters. The largest absolute Gasteiger partial charge is 0.367 e. The fourth-order valence-corrected chi connectivity index (χ4v) is 3.54. The van der Waals surface area contributed by atoms with Crippen LogP contribution in [0.15, 0.2) is 33.8 Å². The Bertz CT molecular complexity index is 790. The summed E-state index contributed by atoms with van der Waals surface area (Å²) in [6.07, 6.45) is 0.725. The van der Waals surface area contributed by atoms with Gasteiger partial charge < -0.3 is 19.5 Å². The molecular weight excluding hydrogens is 486 g/mol. The number of hydrogen-bond acceptors (Lipinski definition) is 4. The molecule has 0 spiro atoms. The van der Waals surface area contributed by atoms with E-state index in [1.54, 1.807) is 12.1 Å². The van der Waals surface area contributed by atoms with Gasteiger partial charge in [0.2, 0.25) is 0 Å². The van der Waals surface area contributed by atoms with E-state index in [9.17, 15) is 4.39 Å². The van der Waals surface area contributed by atoms with Crippen LogP contribution in [0.3, 0.4) is 0 Å². The smallest absolute Gasteiger partial charge is 0.194 e. The molecule has 2 heterocycles. The van der Waals surface area contributed by atoms with Gasteiger partial charge in [-0.1, -0.05) is 17.3 Å². The summed E-state index contributed by atoms with van der Waals surface area (Å²) >= 11 is 0. The maximum atomic E-state index is 13.3. The van der Waals surface area contributed by atoms with E-state index in [2.05, 4.69) is 29.2 Å². The zero-order valence-corrected chi connectivity index (χ0v) is 19.8. The van der Waals surface area contributed by atoms with Crippen LogP contribution in [-0.4, -0.2) is 48.3 Å². The Balaban J connectivity index is 0.00000300. The molecule has 3 rings (SSSR count). The van der Waals surface area contributed by atoms with Gasteiger partial charge in [-0.15, -0.1) is 24.0 Å². The van der Waals surface area contributed by atoms with Crippen molar-refractivity contribution in [2.24, 2.45) is 4.99 Å². The van der Waals surface area contributed by atoms with Crippen molar-refractivity contribution in [2.75, 3.05) is 26.2 Å². The molecule has 2 aromatic rings. The summed E-state index contributed by atoms with van der Waals surface area (Å²) < 4.78 is 24.6. The summed E-state index contributed by atoms with van der Waals surface area (Å²) in [7, 11) is 0. The van der Waals surface area contributed by atoms with Crippen LogP contribution in [0.1, 0.15) is 42.5 Å². The normalized spacial score (nSPS) is 19.8. The molecule has 1 aromatic carbocycles. The van der Waals surface area contributed by atoms with Crippen LogP contribution < -0.4 is 5.32 Å². The van der Waals surface area contributed by atoms with Crippen molar-refractivity contribution in [2.45, 2.75) is 46.3 Å². The van der Waals surface area contributed by atoms with Gasteiger partial charge in [0.25, 0.3) is 0 Å². The maximum absolute atomic E-state index is 13.3. The molecular formula is C21H30FIN4O2. The number of nitrogens with one attached hydrogen (secondary N) is 1. The molecule has 0 saturated carbocycles. The Hall–Kier alpha value is -1.68. The summed E-state index contributed by atoms with van der Waals surface area (Å²) in [4.78, 5) is 7.04. The molecule has 1 saturated heterocycles. The SMILES string of the molecule is CCNC(=NCCc1c(C)noc1C)N1CC(C)OC(c2ccc(F)cc2)C1.I. The minimum absolute atomic E-state index is 0. The third-order valence-electron chi connectivity index (χ3n) is 4.94. The quantitative estimate of drug-likeness (QED) is 0.370. The first-order valence-electron chi connectivity index (χ1n) is 9.83. The van der Waals surface area contributed by atoms with Crippen LogP contribution in [0.5, 0.6) is 0 Å². The summed E-state index contributed by atoms with van der Waals surface area (Å²) in [5.41, 5.74) is 3.03. The number of benzene rings is 1. The fraction of sp³-hybridized carbons (Fsp3) is 0.524. The minimum atomic E-state index is -0.237. The molecule has 1 aliphatic rings. The highest BCUT2D eigenvalue weighted by molar-refractivity contribution is 14.0. The number of hydrogen-bond donors (Lipinski definition) is 1. The molecule has 160 valence electrons. The topological polar surface area (TPSA) is 62.9 Å². The van der Waals surface area contributed by atoms with Crippen LogP contribution in [-0.2, 0) is 11.2 Å². The molecule has 1 fully saturated rings. The minimum Gasteiger partial charge on any atom is -0.367 e. The van der Waals surface area contributed by atoms with Crippen molar-refractivity contribution >= 4 is 29.9 Å².